The average Bonchev–Trinajstić information content (AvgIpc) is 2.67. The molecule has 1 amide bonds. The van der Waals surface area contributed by atoms with E-state index in [1.807, 2.05) is 23.1 Å². The van der Waals surface area contributed by atoms with E-state index in [9.17, 15) is 19.7 Å². The highest BCUT2D eigenvalue weighted by Gasteiger charge is 2.26. The largest absolute Gasteiger partial charge is 0.362 e. The molecule has 0 aliphatic carbocycles. The van der Waals surface area contributed by atoms with Crippen LogP contribution in [0.5, 0.6) is 0 Å². The van der Waals surface area contributed by atoms with Gasteiger partial charge >= 0.3 is 0 Å². The molecule has 0 aromatic heterocycles. The van der Waals surface area contributed by atoms with E-state index in [0.717, 1.165) is 0 Å². The lowest BCUT2D eigenvalue weighted by molar-refractivity contribution is -0.384. The molecule has 26 heavy (non-hydrogen) atoms. The number of Topliss-reactive ketones (excluding diaryl/α,β-unsaturated/α-hetero) is 1. The summed E-state index contributed by atoms with van der Waals surface area (Å²) in [5.74, 6) is -0.246. The number of anilines is 1. The van der Waals surface area contributed by atoms with Crippen LogP contribution in [-0.2, 0) is 0 Å². The molecule has 0 bridgehead atoms. The molecule has 3 rings (SSSR count). The number of ketones is 1. The Labute approximate surface area is 151 Å². The first kappa shape index (κ1) is 17.6. The molecule has 134 valence electrons. The minimum absolute atomic E-state index is 0.0355. The van der Waals surface area contributed by atoms with Gasteiger partial charge in [-0.1, -0.05) is 18.2 Å². The summed E-state index contributed by atoms with van der Waals surface area (Å²) in [4.78, 5) is 38.5. The maximum absolute atomic E-state index is 12.5. The van der Waals surface area contributed by atoms with E-state index in [1.54, 1.807) is 29.2 Å². The summed E-state index contributed by atoms with van der Waals surface area (Å²) in [5.41, 5.74) is 1.35. The Balaban J connectivity index is 1.75. The van der Waals surface area contributed by atoms with Crippen LogP contribution < -0.4 is 4.90 Å². The number of nitro groups is 1. The molecule has 0 spiro atoms. The molecule has 0 N–H and O–H groups in total. The minimum atomic E-state index is -0.469. The number of amides is 1. The summed E-state index contributed by atoms with van der Waals surface area (Å²) in [5, 5.41) is 11.4. The van der Waals surface area contributed by atoms with Crippen molar-refractivity contribution in [3.8, 4) is 0 Å². The average molecular weight is 353 g/mol. The van der Waals surface area contributed by atoms with Gasteiger partial charge in [-0.25, -0.2) is 0 Å². The molecule has 0 radical (unpaired) electrons. The maximum Gasteiger partial charge on any atom is 0.293 e. The van der Waals surface area contributed by atoms with Crippen molar-refractivity contribution < 1.29 is 14.5 Å². The van der Waals surface area contributed by atoms with Crippen molar-refractivity contribution >= 4 is 23.1 Å². The van der Waals surface area contributed by atoms with Crippen molar-refractivity contribution in [1.29, 1.82) is 0 Å². The molecule has 0 saturated carbocycles. The van der Waals surface area contributed by atoms with Gasteiger partial charge in [-0.3, -0.25) is 19.7 Å². The summed E-state index contributed by atoms with van der Waals surface area (Å²) >= 11 is 0. The summed E-state index contributed by atoms with van der Waals surface area (Å²) in [6, 6.07) is 13.6. The third-order valence-corrected chi connectivity index (χ3v) is 4.51. The van der Waals surface area contributed by atoms with Crippen molar-refractivity contribution in [1.82, 2.24) is 4.90 Å². The topological polar surface area (TPSA) is 83.8 Å². The number of piperazine rings is 1. The van der Waals surface area contributed by atoms with Crippen LogP contribution in [0.25, 0.3) is 0 Å². The predicted octanol–water partition coefficient (Wildman–Crippen LogP) is 2.76. The van der Waals surface area contributed by atoms with E-state index < -0.39 is 4.92 Å². The van der Waals surface area contributed by atoms with Crippen molar-refractivity contribution in [2.45, 2.75) is 6.92 Å². The molecule has 1 aliphatic heterocycles. The first-order valence-corrected chi connectivity index (χ1v) is 8.36. The second-order valence-corrected chi connectivity index (χ2v) is 6.16. The number of carbonyl (C=O) groups is 2. The van der Waals surface area contributed by atoms with Gasteiger partial charge in [0.15, 0.2) is 5.78 Å². The molecule has 7 nitrogen and oxygen atoms in total. The number of nitro benzene ring substituents is 1. The SMILES string of the molecule is CC(=O)c1ccc(N2CCN(C(=O)c3ccccc3)CC2)c([N+](=O)[O-])c1. The lowest BCUT2D eigenvalue weighted by Crippen LogP contribution is -2.49. The Morgan fingerprint density at radius 3 is 2.19 bits per heavy atom. The molecule has 0 atom stereocenters. The first-order chi connectivity index (χ1) is 12.5. The second kappa shape index (κ2) is 7.35. The van der Waals surface area contributed by atoms with Gasteiger partial charge in [-0.05, 0) is 31.2 Å². The highest BCUT2D eigenvalue weighted by atomic mass is 16.6. The lowest BCUT2D eigenvalue weighted by Gasteiger charge is -2.35. The Kier molecular flexibility index (Phi) is 4.97. The molecule has 1 fully saturated rings. The summed E-state index contributed by atoms with van der Waals surface area (Å²) in [6.07, 6.45) is 0. The third-order valence-electron chi connectivity index (χ3n) is 4.51. The zero-order valence-electron chi connectivity index (χ0n) is 14.4. The normalized spacial score (nSPS) is 14.2. The number of hydrogen-bond donors (Lipinski definition) is 0. The zero-order chi connectivity index (χ0) is 18.7. The van der Waals surface area contributed by atoms with Gasteiger partial charge in [0.1, 0.15) is 5.69 Å². The molecule has 0 unspecified atom stereocenters. The third kappa shape index (κ3) is 3.56. The monoisotopic (exact) mass is 353 g/mol. The van der Waals surface area contributed by atoms with E-state index in [0.29, 0.717) is 43.0 Å². The van der Waals surface area contributed by atoms with E-state index in [2.05, 4.69) is 0 Å². The van der Waals surface area contributed by atoms with Gasteiger partial charge in [0.25, 0.3) is 11.6 Å². The van der Waals surface area contributed by atoms with E-state index >= 15 is 0 Å². The van der Waals surface area contributed by atoms with E-state index in [4.69, 9.17) is 0 Å². The van der Waals surface area contributed by atoms with Crippen molar-refractivity contribution in [3.63, 3.8) is 0 Å². The predicted molar refractivity (Wildman–Crippen MR) is 97.7 cm³/mol. The van der Waals surface area contributed by atoms with Crippen LogP contribution in [0.1, 0.15) is 27.6 Å². The number of rotatable bonds is 4. The number of nitrogens with zero attached hydrogens (tertiary/aromatic N) is 3. The standard InChI is InChI=1S/C19H19N3O4/c1-14(23)16-7-8-17(18(13-16)22(25)26)20-9-11-21(12-10-20)19(24)15-5-3-2-4-6-15/h2-8,13H,9-12H2,1H3. The number of carbonyl (C=O) groups excluding carboxylic acids is 2. The van der Waals surface area contributed by atoms with Crippen LogP contribution in [0.15, 0.2) is 48.5 Å². The summed E-state index contributed by atoms with van der Waals surface area (Å²) in [6.45, 7) is 3.35. The number of hydrogen-bond acceptors (Lipinski definition) is 5. The smallest absolute Gasteiger partial charge is 0.293 e. The summed E-state index contributed by atoms with van der Waals surface area (Å²) < 4.78 is 0. The maximum atomic E-state index is 12.5. The Morgan fingerprint density at radius 2 is 1.62 bits per heavy atom. The van der Waals surface area contributed by atoms with Crippen LogP contribution in [0.4, 0.5) is 11.4 Å². The lowest BCUT2D eigenvalue weighted by atomic mass is 10.1. The Bertz CT molecular complexity index is 843. The molecular weight excluding hydrogens is 334 g/mol. The highest BCUT2D eigenvalue weighted by Crippen LogP contribution is 2.30. The molecule has 2 aromatic carbocycles. The second-order valence-electron chi connectivity index (χ2n) is 6.16. The van der Waals surface area contributed by atoms with Crippen molar-refractivity contribution in [2.24, 2.45) is 0 Å². The minimum Gasteiger partial charge on any atom is -0.362 e. The van der Waals surface area contributed by atoms with Gasteiger partial charge in [-0.15, -0.1) is 0 Å². The molecule has 1 saturated heterocycles. The van der Waals surface area contributed by atoms with Crippen LogP contribution in [0, 0.1) is 10.1 Å². The highest BCUT2D eigenvalue weighted by molar-refractivity contribution is 5.96. The van der Waals surface area contributed by atoms with Crippen LogP contribution in [0.2, 0.25) is 0 Å². The fourth-order valence-electron chi connectivity index (χ4n) is 3.07. The Morgan fingerprint density at radius 1 is 0.962 bits per heavy atom. The fourth-order valence-corrected chi connectivity index (χ4v) is 3.07. The zero-order valence-corrected chi connectivity index (χ0v) is 14.4. The van der Waals surface area contributed by atoms with Gasteiger partial charge in [-0.2, -0.15) is 0 Å². The number of benzene rings is 2. The van der Waals surface area contributed by atoms with Gasteiger partial charge in [0, 0.05) is 43.4 Å². The van der Waals surface area contributed by atoms with Crippen molar-refractivity contribution in [2.75, 3.05) is 31.1 Å². The van der Waals surface area contributed by atoms with E-state index in [-0.39, 0.29) is 17.4 Å². The van der Waals surface area contributed by atoms with Gasteiger partial charge in [0.2, 0.25) is 0 Å². The fraction of sp³-hybridized carbons (Fsp3) is 0.263. The molecular formula is C19H19N3O4. The molecule has 2 aromatic rings. The molecule has 1 heterocycles. The van der Waals surface area contributed by atoms with E-state index in [1.165, 1.54) is 13.0 Å². The van der Waals surface area contributed by atoms with Gasteiger partial charge < -0.3 is 9.80 Å². The molecule has 1 aliphatic rings. The summed E-state index contributed by atoms with van der Waals surface area (Å²) in [7, 11) is 0. The van der Waals surface area contributed by atoms with Crippen LogP contribution in [0.3, 0.4) is 0 Å². The Hall–Kier alpha value is -3.22. The van der Waals surface area contributed by atoms with Crippen LogP contribution in [-0.4, -0.2) is 47.7 Å². The first-order valence-electron chi connectivity index (χ1n) is 8.36. The van der Waals surface area contributed by atoms with Gasteiger partial charge in [0.05, 0.1) is 4.92 Å². The van der Waals surface area contributed by atoms with Crippen LogP contribution >= 0.6 is 0 Å². The quantitative estimate of drug-likeness (QED) is 0.479. The molecule has 7 heteroatoms. The van der Waals surface area contributed by atoms with Crippen molar-refractivity contribution in [3.05, 3.63) is 69.8 Å².